The van der Waals surface area contributed by atoms with E-state index in [2.05, 4.69) is 15.6 Å². The molecule has 0 radical (unpaired) electrons. The predicted molar refractivity (Wildman–Crippen MR) is 115 cm³/mol. The van der Waals surface area contributed by atoms with Crippen molar-refractivity contribution >= 4 is 22.5 Å². The Hall–Kier alpha value is -3.60. The van der Waals surface area contributed by atoms with E-state index >= 15 is 0 Å². The standard InChI is InChI=1S/C24H21F3N4O/c25-24(26,27)22-13-21(19-6-1-2-7-20(19)31-22)29-17-4-3-5-18(12-17)30-23(32)16-10-8-15(14-28)9-11-16/h1-2,6-11,13,17-18H,3-5,12H2,(H,29,31)(H,30,32)/t17-,18+/m0/s1. The van der Waals surface area contributed by atoms with E-state index in [-0.39, 0.29) is 23.5 Å². The van der Waals surface area contributed by atoms with Crippen molar-refractivity contribution in [1.82, 2.24) is 10.3 Å². The van der Waals surface area contributed by atoms with Gasteiger partial charge in [-0.2, -0.15) is 18.4 Å². The lowest BCUT2D eigenvalue weighted by Gasteiger charge is -2.31. The molecule has 0 unspecified atom stereocenters. The number of hydrogen-bond donors (Lipinski definition) is 2. The fourth-order valence-corrected chi connectivity index (χ4v) is 4.08. The average molecular weight is 438 g/mol. The number of nitrogens with zero attached hydrogens (tertiary/aromatic N) is 2. The molecule has 1 amide bonds. The normalized spacial score (nSPS) is 18.7. The maximum Gasteiger partial charge on any atom is 0.433 e. The van der Waals surface area contributed by atoms with E-state index in [1.807, 2.05) is 6.07 Å². The maximum atomic E-state index is 13.3. The van der Waals surface area contributed by atoms with Crippen LogP contribution in [0.5, 0.6) is 0 Å². The number of hydrogen-bond acceptors (Lipinski definition) is 4. The number of carbonyl (C=O) groups is 1. The number of anilines is 1. The molecule has 3 aromatic rings. The summed E-state index contributed by atoms with van der Waals surface area (Å²) in [7, 11) is 0. The second-order valence-electron chi connectivity index (χ2n) is 7.94. The molecule has 2 atom stereocenters. The largest absolute Gasteiger partial charge is 0.433 e. The van der Waals surface area contributed by atoms with Crippen molar-refractivity contribution < 1.29 is 18.0 Å². The van der Waals surface area contributed by atoms with E-state index < -0.39 is 11.9 Å². The second-order valence-corrected chi connectivity index (χ2v) is 7.94. The number of nitriles is 1. The number of aromatic nitrogens is 1. The van der Waals surface area contributed by atoms with Crippen molar-refractivity contribution in [2.45, 2.75) is 43.9 Å². The van der Waals surface area contributed by atoms with Gasteiger partial charge in [-0.1, -0.05) is 18.2 Å². The van der Waals surface area contributed by atoms with Crippen LogP contribution in [0.25, 0.3) is 10.9 Å². The van der Waals surface area contributed by atoms with Gasteiger partial charge in [-0.3, -0.25) is 4.79 Å². The van der Waals surface area contributed by atoms with Crippen LogP contribution in [0.4, 0.5) is 18.9 Å². The first-order valence-corrected chi connectivity index (χ1v) is 10.4. The molecule has 4 rings (SSSR count). The minimum Gasteiger partial charge on any atom is -0.382 e. The Labute approximate surface area is 183 Å². The molecule has 2 N–H and O–H groups in total. The summed E-state index contributed by atoms with van der Waals surface area (Å²) in [5, 5.41) is 15.8. The highest BCUT2D eigenvalue weighted by Gasteiger charge is 2.34. The molecular weight excluding hydrogens is 417 g/mol. The van der Waals surface area contributed by atoms with E-state index in [0.29, 0.717) is 28.6 Å². The van der Waals surface area contributed by atoms with Gasteiger partial charge in [0.05, 0.1) is 17.1 Å². The van der Waals surface area contributed by atoms with E-state index in [4.69, 9.17) is 5.26 Å². The minimum absolute atomic E-state index is 0.0816. The van der Waals surface area contributed by atoms with Gasteiger partial charge in [0.25, 0.3) is 5.91 Å². The molecule has 1 saturated carbocycles. The van der Waals surface area contributed by atoms with Crippen LogP contribution in [0.2, 0.25) is 0 Å². The molecule has 2 aromatic carbocycles. The average Bonchev–Trinajstić information content (AvgIpc) is 2.78. The molecule has 32 heavy (non-hydrogen) atoms. The number of pyridine rings is 1. The summed E-state index contributed by atoms with van der Waals surface area (Å²) in [4.78, 5) is 16.3. The van der Waals surface area contributed by atoms with Crippen molar-refractivity contribution in [3.63, 3.8) is 0 Å². The first kappa shape index (κ1) is 21.6. The van der Waals surface area contributed by atoms with Crippen LogP contribution in [0, 0.1) is 11.3 Å². The summed E-state index contributed by atoms with van der Waals surface area (Å²) in [6.07, 6.45) is -1.51. The van der Waals surface area contributed by atoms with Crippen molar-refractivity contribution in [2.75, 3.05) is 5.32 Å². The number of para-hydroxylation sites is 1. The summed E-state index contributed by atoms with van der Waals surface area (Å²) in [5.41, 5.74) is 0.693. The van der Waals surface area contributed by atoms with Gasteiger partial charge in [-0.15, -0.1) is 0 Å². The highest BCUT2D eigenvalue weighted by Crippen LogP contribution is 2.34. The molecule has 1 heterocycles. The predicted octanol–water partition coefficient (Wildman–Crippen LogP) is 5.28. The van der Waals surface area contributed by atoms with Crippen LogP contribution in [0.3, 0.4) is 0 Å². The molecular formula is C24H21F3N4O. The number of alkyl halides is 3. The molecule has 0 saturated heterocycles. The Morgan fingerprint density at radius 3 is 2.50 bits per heavy atom. The Bertz CT molecular complexity index is 1170. The van der Waals surface area contributed by atoms with Crippen LogP contribution in [-0.4, -0.2) is 23.0 Å². The number of benzene rings is 2. The monoisotopic (exact) mass is 438 g/mol. The van der Waals surface area contributed by atoms with Crippen LogP contribution < -0.4 is 10.6 Å². The summed E-state index contributed by atoms with van der Waals surface area (Å²) >= 11 is 0. The summed E-state index contributed by atoms with van der Waals surface area (Å²) in [6, 6.07) is 16.0. The van der Waals surface area contributed by atoms with Crippen molar-refractivity contribution in [2.24, 2.45) is 0 Å². The molecule has 5 nitrogen and oxygen atoms in total. The molecule has 0 aliphatic heterocycles. The van der Waals surface area contributed by atoms with Gasteiger partial charge >= 0.3 is 6.18 Å². The first-order valence-electron chi connectivity index (χ1n) is 10.4. The zero-order valence-electron chi connectivity index (χ0n) is 17.1. The van der Waals surface area contributed by atoms with Crippen molar-refractivity contribution in [3.8, 4) is 6.07 Å². The Kier molecular flexibility index (Phi) is 5.99. The van der Waals surface area contributed by atoms with Gasteiger partial charge in [-0.25, -0.2) is 4.98 Å². The number of amides is 1. The van der Waals surface area contributed by atoms with Crippen LogP contribution in [-0.2, 0) is 6.18 Å². The van der Waals surface area contributed by atoms with Crippen LogP contribution in [0.15, 0.2) is 54.6 Å². The van der Waals surface area contributed by atoms with Crippen molar-refractivity contribution in [1.29, 1.82) is 5.26 Å². The first-order chi connectivity index (χ1) is 15.3. The molecule has 0 spiro atoms. The lowest BCUT2D eigenvalue weighted by molar-refractivity contribution is -0.140. The topological polar surface area (TPSA) is 77.8 Å². The van der Waals surface area contributed by atoms with E-state index in [1.165, 1.54) is 0 Å². The summed E-state index contributed by atoms with van der Waals surface area (Å²) in [6.45, 7) is 0. The van der Waals surface area contributed by atoms with Crippen LogP contribution >= 0.6 is 0 Å². The van der Waals surface area contributed by atoms with Gasteiger partial charge < -0.3 is 10.6 Å². The number of rotatable bonds is 4. The Balaban J connectivity index is 1.49. The Morgan fingerprint density at radius 2 is 1.78 bits per heavy atom. The molecule has 1 fully saturated rings. The highest BCUT2D eigenvalue weighted by molar-refractivity contribution is 5.94. The second kappa shape index (κ2) is 8.87. The van der Waals surface area contributed by atoms with Gasteiger partial charge in [0.15, 0.2) is 0 Å². The smallest absolute Gasteiger partial charge is 0.382 e. The van der Waals surface area contributed by atoms with Gasteiger partial charge in [0, 0.05) is 28.7 Å². The van der Waals surface area contributed by atoms with E-state index in [0.717, 1.165) is 25.3 Å². The van der Waals surface area contributed by atoms with Crippen molar-refractivity contribution in [3.05, 3.63) is 71.4 Å². The van der Waals surface area contributed by atoms with Crippen LogP contribution in [0.1, 0.15) is 47.3 Å². The summed E-state index contributed by atoms with van der Waals surface area (Å²) in [5.74, 6) is -0.228. The fourth-order valence-electron chi connectivity index (χ4n) is 4.08. The lowest BCUT2D eigenvalue weighted by Crippen LogP contribution is -2.41. The highest BCUT2D eigenvalue weighted by atomic mass is 19.4. The molecule has 164 valence electrons. The van der Waals surface area contributed by atoms with E-state index in [9.17, 15) is 18.0 Å². The van der Waals surface area contributed by atoms with Gasteiger partial charge in [-0.05, 0) is 62.1 Å². The van der Waals surface area contributed by atoms with E-state index in [1.54, 1.807) is 48.5 Å². The third kappa shape index (κ3) is 4.83. The quantitative estimate of drug-likeness (QED) is 0.581. The number of halogens is 3. The SMILES string of the molecule is N#Cc1ccc(C(=O)N[C@@H]2CCC[C@H](Nc3cc(C(F)(F)F)nc4ccccc34)C2)cc1. The Morgan fingerprint density at radius 1 is 1.06 bits per heavy atom. The molecule has 1 aliphatic carbocycles. The molecule has 8 heteroatoms. The summed E-state index contributed by atoms with van der Waals surface area (Å²) < 4.78 is 40.0. The number of nitrogens with one attached hydrogen (secondary N) is 2. The third-order valence-corrected chi connectivity index (χ3v) is 5.65. The fraction of sp³-hybridized carbons (Fsp3) is 0.292. The van der Waals surface area contributed by atoms with Gasteiger partial charge in [0.2, 0.25) is 0 Å². The molecule has 1 aliphatic rings. The maximum absolute atomic E-state index is 13.3. The lowest BCUT2D eigenvalue weighted by atomic mass is 9.90. The molecule has 1 aromatic heterocycles. The molecule has 0 bridgehead atoms. The zero-order chi connectivity index (χ0) is 22.7. The number of carbonyl (C=O) groups excluding carboxylic acids is 1. The number of fused-ring (bicyclic) bond motifs is 1. The minimum atomic E-state index is -4.54. The zero-order valence-corrected chi connectivity index (χ0v) is 17.1. The van der Waals surface area contributed by atoms with Gasteiger partial charge in [0.1, 0.15) is 5.69 Å². The third-order valence-electron chi connectivity index (χ3n) is 5.65.